The second-order valence-electron chi connectivity index (χ2n) is 8.54. The van der Waals surface area contributed by atoms with E-state index in [9.17, 15) is 22.0 Å². The molecule has 4 rings (SSSR count). The summed E-state index contributed by atoms with van der Waals surface area (Å²) in [4.78, 5) is 21.4. The van der Waals surface area contributed by atoms with Gasteiger partial charge in [-0.2, -0.15) is 5.10 Å². The number of carbonyl (C=O) groups is 1. The third-order valence-corrected chi connectivity index (χ3v) is 6.81. The number of anilines is 1. The Balaban J connectivity index is 1.92. The molecule has 9 nitrogen and oxygen atoms in total. The van der Waals surface area contributed by atoms with Gasteiger partial charge in [-0.05, 0) is 36.4 Å². The van der Waals surface area contributed by atoms with Crippen LogP contribution in [0.4, 0.5) is 14.6 Å². The lowest BCUT2D eigenvalue weighted by Gasteiger charge is -2.19. The summed E-state index contributed by atoms with van der Waals surface area (Å²) in [6, 6.07) is 8.42. The van der Waals surface area contributed by atoms with Crippen molar-refractivity contribution in [3.8, 4) is 11.3 Å². The largest absolute Gasteiger partial charge is 0.370 e. The molecular weight excluding hydrogens is 522 g/mol. The van der Waals surface area contributed by atoms with Crippen LogP contribution in [0.25, 0.3) is 22.2 Å². The highest BCUT2D eigenvalue weighted by Crippen LogP contribution is 2.37. The molecule has 0 aliphatic rings. The lowest BCUT2D eigenvalue weighted by molar-refractivity contribution is -0.118. The first kappa shape index (κ1) is 26.5. The van der Waals surface area contributed by atoms with Gasteiger partial charge in [0.1, 0.15) is 16.7 Å². The van der Waals surface area contributed by atoms with E-state index in [2.05, 4.69) is 14.8 Å². The van der Waals surface area contributed by atoms with Crippen molar-refractivity contribution in [2.24, 2.45) is 12.8 Å². The molecule has 0 radical (unpaired) electrons. The molecule has 37 heavy (non-hydrogen) atoms. The lowest BCUT2D eigenvalue weighted by atomic mass is 9.89. The fraction of sp³-hybridized carbons (Fsp3) is 0.250. The first-order valence-corrected chi connectivity index (χ1v) is 14.1. The van der Waals surface area contributed by atoms with Gasteiger partial charge in [0, 0.05) is 36.4 Å². The number of nitrogens with one attached hydrogen (secondary N) is 1. The Kier molecular flexibility index (Phi) is 7.46. The predicted octanol–water partition coefficient (Wildman–Crippen LogP) is 3.60. The molecule has 3 N–H and O–H groups in total. The topological polar surface area (TPSA) is 133 Å². The molecule has 2 aromatic carbocycles. The Hall–Kier alpha value is -3.58. The number of fused-ring (bicyclic) bond motifs is 1. The van der Waals surface area contributed by atoms with E-state index in [1.54, 1.807) is 31.4 Å². The average Bonchev–Trinajstić information content (AvgIpc) is 3.11. The molecular formula is C24H24F2N6O3S2. The number of benzene rings is 2. The molecule has 1 amide bonds. The quantitative estimate of drug-likeness (QED) is 0.307. The number of halogens is 2. The number of aryl methyl sites for hydroxylation is 1. The number of hydrogen-bond acceptors (Lipinski definition) is 7. The number of nitrogens with two attached hydrogens (primary N) is 1. The molecule has 2 aromatic heterocycles. The van der Waals surface area contributed by atoms with Gasteiger partial charge in [-0.15, -0.1) is 11.8 Å². The van der Waals surface area contributed by atoms with Crippen LogP contribution in [-0.4, -0.2) is 46.6 Å². The third-order valence-electron chi connectivity index (χ3n) is 5.63. The van der Waals surface area contributed by atoms with E-state index in [1.807, 2.05) is 6.26 Å². The van der Waals surface area contributed by atoms with Crippen LogP contribution in [-0.2, 0) is 28.3 Å². The number of para-hydroxylation sites is 1. The minimum Gasteiger partial charge on any atom is -0.370 e. The number of hydrogen-bond donors (Lipinski definition) is 2. The third kappa shape index (κ3) is 6.05. The molecule has 2 heterocycles. The molecule has 13 heteroatoms. The zero-order valence-electron chi connectivity index (χ0n) is 20.2. The first-order chi connectivity index (χ1) is 17.4. The molecule has 0 saturated heterocycles. The summed E-state index contributed by atoms with van der Waals surface area (Å²) < 4.78 is 55.5. The van der Waals surface area contributed by atoms with Crippen LogP contribution >= 0.6 is 11.8 Å². The maximum Gasteiger partial charge on any atom is 0.231 e. The minimum absolute atomic E-state index is 0.0835. The highest BCUT2D eigenvalue weighted by atomic mass is 32.2. The van der Waals surface area contributed by atoms with Gasteiger partial charge in [0.15, 0.2) is 5.82 Å². The molecule has 0 spiro atoms. The van der Waals surface area contributed by atoms with E-state index in [0.717, 1.165) is 12.3 Å². The smallest absolute Gasteiger partial charge is 0.231 e. The van der Waals surface area contributed by atoms with Crippen molar-refractivity contribution < 1.29 is 22.0 Å². The van der Waals surface area contributed by atoms with Gasteiger partial charge < -0.3 is 5.73 Å². The number of primary amides is 1. The molecule has 0 unspecified atom stereocenters. The van der Waals surface area contributed by atoms with E-state index in [-0.39, 0.29) is 18.7 Å². The zero-order valence-corrected chi connectivity index (χ0v) is 21.8. The van der Waals surface area contributed by atoms with Crippen molar-refractivity contribution in [1.82, 2.24) is 19.7 Å². The number of rotatable bonds is 9. The Bertz CT molecular complexity index is 1590. The SMILES string of the molecule is CSc1cnc([C@H](CC(N)=O)Cc2cc(F)cc(F)c2)c(-c2cccc3c(NS(C)(=O)=O)nn(C)c23)n1. The standard InChI is InChI=1S/C24H24F2N6O3S2/c1-32-23-17(5-4-6-18(23)24(30-32)31-37(3,34)35)22-21(28-12-20(29-22)36-2)14(10-19(27)33)7-13-8-15(25)11-16(26)9-13/h4-6,8-9,11-12,14H,7,10H2,1-3H3,(H2,27,33)(H,30,31)/t14-/m0/s1. The number of amides is 1. The van der Waals surface area contributed by atoms with Crippen molar-refractivity contribution in [2.75, 3.05) is 17.2 Å². The van der Waals surface area contributed by atoms with Crippen molar-refractivity contribution in [3.05, 3.63) is 65.5 Å². The maximum absolute atomic E-state index is 13.9. The predicted molar refractivity (Wildman–Crippen MR) is 139 cm³/mol. The summed E-state index contributed by atoms with van der Waals surface area (Å²) >= 11 is 1.36. The highest BCUT2D eigenvalue weighted by molar-refractivity contribution is 7.98. The molecule has 0 aliphatic carbocycles. The zero-order chi connectivity index (χ0) is 26.9. The van der Waals surface area contributed by atoms with E-state index < -0.39 is 33.5 Å². The summed E-state index contributed by atoms with van der Waals surface area (Å²) in [7, 11) is -1.92. The minimum atomic E-state index is -3.59. The fourth-order valence-corrected chi connectivity index (χ4v) is 5.12. The molecule has 1 atom stereocenters. The number of nitrogens with zero attached hydrogens (tertiary/aromatic N) is 4. The number of aromatic nitrogens is 4. The summed E-state index contributed by atoms with van der Waals surface area (Å²) in [6.07, 6.45) is 4.37. The van der Waals surface area contributed by atoms with Crippen LogP contribution in [0.3, 0.4) is 0 Å². The Labute approximate surface area is 216 Å². The summed E-state index contributed by atoms with van der Waals surface area (Å²) in [5.41, 5.74) is 7.89. The van der Waals surface area contributed by atoms with Crippen LogP contribution < -0.4 is 10.5 Å². The van der Waals surface area contributed by atoms with Gasteiger partial charge in [0.25, 0.3) is 0 Å². The molecule has 0 saturated carbocycles. The van der Waals surface area contributed by atoms with Crippen LogP contribution in [0.1, 0.15) is 23.6 Å². The van der Waals surface area contributed by atoms with Crippen molar-refractivity contribution >= 4 is 44.4 Å². The second kappa shape index (κ2) is 10.4. The van der Waals surface area contributed by atoms with Crippen molar-refractivity contribution in [2.45, 2.75) is 23.8 Å². The van der Waals surface area contributed by atoms with E-state index in [1.165, 1.54) is 28.6 Å². The van der Waals surface area contributed by atoms with Gasteiger partial charge in [-0.3, -0.25) is 19.2 Å². The van der Waals surface area contributed by atoms with Crippen LogP contribution in [0.5, 0.6) is 0 Å². The fourth-order valence-electron chi connectivity index (χ4n) is 4.28. The average molecular weight is 547 g/mol. The van der Waals surface area contributed by atoms with E-state index in [4.69, 9.17) is 10.7 Å². The van der Waals surface area contributed by atoms with Crippen LogP contribution in [0.2, 0.25) is 0 Å². The van der Waals surface area contributed by atoms with Gasteiger partial charge in [-0.25, -0.2) is 22.2 Å². The van der Waals surface area contributed by atoms with Gasteiger partial charge in [0.2, 0.25) is 15.9 Å². The second-order valence-corrected chi connectivity index (χ2v) is 11.1. The molecule has 0 aliphatic heterocycles. The maximum atomic E-state index is 13.9. The van der Waals surface area contributed by atoms with Crippen LogP contribution in [0, 0.1) is 11.6 Å². The Morgan fingerprint density at radius 2 is 1.92 bits per heavy atom. The molecule has 4 aromatic rings. The van der Waals surface area contributed by atoms with E-state index >= 15 is 0 Å². The normalized spacial score (nSPS) is 12.6. The van der Waals surface area contributed by atoms with Crippen LogP contribution in [0.15, 0.2) is 47.6 Å². The molecule has 0 fully saturated rings. The van der Waals surface area contributed by atoms with E-state index in [0.29, 0.717) is 38.4 Å². The van der Waals surface area contributed by atoms with Gasteiger partial charge >= 0.3 is 0 Å². The monoisotopic (exact) mass is 546 g/mol. The summed E-state index contributed by atoms with van der Waals surface area (Å²) in [5, 5.41) is 5.46. The number of sulfonamides is 1. The van der Waals surface area contributed by atoms with Crippen molar-refractivity contribution in [1.29, 1.82) is 0 Å². The van der Waals surface area contributed by atoms with Gasteiger partial charge in [-0.1, -0.05) is 12.1 Å². The summed E-state index contributed by atoms with van der Waals surface area (Å²) in [6.45, 7) is 0. The van der Waals surface area contributed by atoms with Gasteiger partial charge in [0.05, 0.1) is 29.4 Å². The number of thioether (sulfide) groups is 1. The lowest BCUT2D eigenvalue weighted by Crippen LogP contribution is -2.19. The molecule has 0 bridgehead atoms. The van der Waals surface area contributed by atoms with Crippen molar-refractivity contribution in [3.63, 3.8) is 0 Å². The summed E-state index contributed by atoms with van der Waals surface area (Å²) in [5.74, 6) is -2.57. The Morgan fingerprint density at radius 3 is 2.54 bits per heavy atom. The first-order valence-electron chi connectivity index (χ1n) is 11.0. The Morgan fingerprint density at radius 1 is 1.22 bits per heavy atom. The highest BCUT2D eigenvalue weighted by Gasteiger charge is 2.25. The number of carbonyl (C=O) groups excluding carboxylic acids is 1. The molecule has 194 valence electrons.